The molecule has 0 spiro atoms. The summed E-state index contributed by atoms with van der Waals surface area (Å²) in [5.74, 6) is 2.57. The number of terminal acetylenes is 1. The average molecular weight is 228 g/mol. The average Bonchev–Trinajstić information content (AvgIpc) is 2.37. The molecule has 1 atom stereocenters. The third-order valence-corrected chi connectivity index (χ3v) is 2.24. The molecule has 1 aromatic carbocycles. The van der Waals surface area contributed by atoms with Gasteiger partial charge < -0.3 is 10.6 Å². The summed E-state index contributed by atoms with van der Waals surface area (Å²) in [5, 5.41) is 5.48. The van der Waals surface area contributed by atoms with E-state index in [-0.39, 0.29) is 12.1 Å². The Morgan fingerprint density at radius 2 is 2.18 bits per heavy atom. The van der Waals surface area contributed by atoms with Crippen molar-refractivity contribution in [3.63, 3.8) is 0 Å². The van der Waals surface area contributed by atoms with Crippen LogP contribution in [0.25, 0.3) is 0 Å². The van der Waals surface area contributed by atoms with Crippen LogP contribution in [0.1, 0.15) is 18.0 Å². The van der Waals surface area contributed by atoms with Crippen molar-refractivity contribution in [2.75, 3.05) is 6.54 Å². The summed E-state index contributed by atoms with van der Waals surface area (Å²) in [4.78, 5) is 11.5. The van der Waals surface area contributed by atoms with Crippen molar-refractivity contribution in [2.24, 2.45) is 0 Å². The van der Waals surface area contributed by atoms with Crippen LogP contribution < -0.4 is 10.6 Å². The largest absolute Gasteiger partial charge is 0.335 e. The smallest absolute Gasteiger partial charge is 0.315 e. The summed E-state index contributed by atoms with van der Waals surface area (Å²) in [6, 6.07) is 9.24. The van der Waals surface area contributed by atoms with Gasteiger partial charge in [-0.25, -0.2) is 4.79 Å². The third kappa shape index (κ3) is 4.43. The normalized spacial score (nSPS) is 11.0. The highest BCUT2D eigenvalue weighted by molar-refractivity contribution is 5.74. The van der Waals surface area contributed by atoms with Gasteiger partial charge in [-0.2, -0.15) is 0 Å². The van der Waals surface area contributed by atoms with Gasteiger partial charge in [-0.05, 0) is 5.56 Å². The Labute approximate surface area is 102 Å². The molecule has 0 saturated carbocycles. The molecule has 0 unspecified atom stereocenters. The molecular weight excluding hydrogens is 212 g/mol. The first-order valence-electron chi connectivity index (χ1n) is 5.41. The lowest BCUT2D eigenvalue weighted by molar-refractivity contribution is 0.238. The predicted octanol–water partition coefficient (Wildman–Crippen LogP) is 2.24. The van der Waals surface area contributed by atoms with Crippen LogP contribution in [0.4, 0.5) is 4.79 Å². The first-order chi connectivity index (χ1) is 8.27. The maximum Gasteiger partial charge on any atom is 0.315 e. The Kier molecular flexibility index (Phi) is 5.39. The quantitative estimate of drug-likeness (QED) is 0.589. The number of benzene rings is 1. The van der Waals surface area contributed by atoms with E-state index in [4.69, 9.17) is 6.42 Å². The molecule has 0 aliphatic carbocycles. The Morgan fingerprint density at radius 1 is 1.47 bits per heavy atom. The molecule has 17 heavy (non-hydrogen) atoms. The summed E-state index contributed by atoms with van der Waals surface area (Å²) >= 11 is 0. The SMILES string of the molecule is C#CC[C@@H](NC(=O)NCC=C)c1ccccc1. The molecule has 88 valence electrons. The minimum Gasteiger partial charge on any atom is -0.335 e. The molecule has 1 aromatic rings. The monoisotopic (exact) mass is 228 g/mol. The molecule has 0 aliphatic heterocycles. The Morgan fingerprint density at radius 3 is 2.76 bits per heavy atom. The van der Waals surface area contributed by atoms with E-state index >= 15 is 0 Å². The third-order valence-electron chi connectivity index (χ3n) is 2.24. The van der Waals surface area contributed by atoms with E-state index in [1.165, 1.54) is 0 Å². The summed E-state index contributed by atoms with van der Waals surface area (Å²) in [6.45, 7) is 3.97. The molecule has 2 amide bonds. The molecule has 0 aliphatic rings. The van der Waals surface area contributed by atoms with Crippen molar-refractivity contribution in [3.8, 4) is 12.3 Å². The van der Waals surface area contributed by atoms with E-state index in [9.17, 15) is 4.79 Å². The number of carbonyl (C=O) groups is 1. The fraction of sp³-hybridized carbons (Fsp3) is 0.214. The van der Waals surface area contributed by atoms with Crippen LogP contribution in [0.5, 0.6) is 0 Å². The highest BCUT2D eigenvalue weighted by Gasteiger charge is 2.12. The van der Waals surface area contributed by atoms with Crippen molar-refractivity contribution < 1.29 is 4.79 Å². The van der Waals surface area contributed by atoms with Crippen molar-refractivity contribution in [2.45, 2.75) is 12.5 Å². The fourth-order valence-electron chi connectivity index (χ4n) is 1.43. The Hall–Kier alpha value is -2.21. The van der Waals surface area contributed by atoms with Crippen molar-refractivity contribution in [3.05, 3.63) is 48.6 Å². The molecule has 0 radical (unpaired) electrons. The van der Waals surface area contributed by atoms with Gasteiger partial charge in [-0.1, -0.05) is 36.4 Å². The zero-order chi connectivity index (χ0) is 12.5. The summed E-state index contributed by atoms with van der Waals surface area (Å²) in [7, 11) is 0. The molecule has 0 fully saturated rings. The van der Waals surface area contributed by atoms with Gasteiger partial charge in [0.15, 0.2) is 0 Å². The van der Waals surface area contributed by atoms with Crippen LogP contribution in [0.15, 0.2) is 43.0 Å². The van der Waals surface area contributed by atoms with Gasteiger partial charge in [0, 0.05) is 13.0 Å². The molecule has 0 heterocycles. The molecule has 3 heteroatoms. The number of rotatable bonds is 5. The van der Waals surface area contributed by atoms with Crippen LogP contribution in [0.2, 0.25) is 0 Å². The lowest BCUT2D eigenvalue weighted by Gasteiger charge is -2.17. The second-order valence-electron chi connectivity index (χ2n) is 3.51. The van der Waals surface area contributed by atoms with Crippen molar-refractivity contribution in [1.82, 2.24) is 10.6 Å². The summed E-state index contributed by atoms with van der Waals surface area (Å²) < 4.78 is 0. The first kappa shape index (κ1) is 12.9. The van der Waals surface area contributed by atoms with E-state index < -0.39 is 0 Å². The lowest BCUT2D eigenvalue weighted by Crippen LogP contribution is -2.37. The summed E-state index contributed by atoms with van der Waals surface area (Å²) in [5.41, 5.74) is 0.999. The minimum absolute atomic E-state index is 0.161. The van der Waals surface area contributed by atoms with Gasteiger partial charge in [0.25, 0.3) is 0 Å². The highest BCUT2D eigenvalue weighted by Crippen LogP contribution is 2.15. The maximum absolute atomic E-state index is 11.5. The van der Waals surface area contributed by atoms with Crippen LogP contribution in [-0.2, 0) is 0 Å². The predicted molar refractivity (Wildman–Crippen MR) is 69.4 cm³/mol. The van der Waals surface area contributed by atoms with Crippen LogP contribution in [0.3, 0.4) is 0 Å². The van der Waals surface area contributed by atoms with E-state index in [1.807, 2.05) is 30.3 Å². The van der Waals surface area contributed by atoms with Gasteiger partial charge in [-0.3, -0.25) is 0 Å². The van der Waals surface area contributed by atoms with E-state index in [0.717, 1.165) is 5.56 Å². The molecular formula is C14H16N2O. The lowest BCUT2D eigenvalue weighted by atomic mass is 10.0. The van der Waals surface area contributed by atoms with E-state index in [2.05, 4.69) is 23.1 Å². The minimum atomic E-state index is -0.242. The number of amides is 2. The van der Waals surface area contributed by atoms with Gasteiger partial charge in [0.2, 0.25) is 0 Å². The van der Waals surface area contributed by atoms with Crippen molar-refractivity contribution in [1.29, 1.82) is 0 Å². The van der Waals surface area contributed by atoms with E-state index in [1.54, 1.807) is 6.08 Å². The van der Waals surface area contributed by atoms with Crippen LogP contribution in [-0.4, -0.2) is 12.6 Å². The Bertz CT molecular complexity index is 406. The zero-order valence-electron chi connectivity index (χ0n) is 9.65. The molecule has 0 bridgehead atoms. The second kappa shape index (κ2) is 7.13. The maximum atomic E-state index is 11.5. The van der Waals surface area contributed by atoms with Crippen molar-refractivity contribution >= 4 is 6.03 Å². The molecule has 1 rings (SSSR count). The molecule has 2 N–H and O–H groups in total. The highest BCUT2D eigenvalue weighted by atomic mass is 16.2. The topological polar surface area (TPSA) is 41.1 Å². The Balaban J connectivity index is 2.64. The van der Waals surface area contributed by atoms with Gasteiger partial charge in [-0.15, -0.1) is 18.9 Å². The number of urea groups is 1. The number of hydrogen-bond donors (Lipinski definition) is 2. The number of nitrogens with one attached hydrogen (secondary N) is 2. The molecule has 0 aromatic heterocycles. The number of carbonyl (C=O) groups excluding carboxylic acids is 1. The number of hydrogen-bond acceptors (Lipinski definition) is 1. The molecule has 0 saturated heterocycles. The fourth-order valence-corrected chi connectivity index (χ4v) is 1.43. The van der Waals surface area contributed by atoms with E-state index in [0.29, 0.717) is 13.0 Å². The second-order valence-corrected chi connectivity index (χ2v) is 3.51. The van der Waals surface area contributed by atoms with Crippen LogP contribution in [0, 0.1) is 12.3 Å². The zero-order valence-corrected chi connectivity index (χ0v) is 9.65. The first-order valence-corrected chi connectivity index (χ1v) is 5.41. The summed E-state index contributed by atoms with van der Waals surface area (Å²) in [6.07, 6.45) is 7.39. The molecule has 3 nitrogen and oxygen atoms in total. The standard InChI is InChI=1S/C14H16N2O/c1-3-8-13(12-9-6-5-7-10-12)16-14(17)15-11-4-2/h1,4-7,9-10,13H,2,8,11H2,(H2,15,16,17)/t13-/m1/s1. The van der Waals surface area contributed by atoms with Gasteiger partial charge >= 0.3 is 6.03 Å². The van der Waals surface area contributed by atoms with Gasteiger partial charge in [0.1, 0.15) is 0 Å². The van der Waals surface area contributed by atoms with Crippen LogP contribution >= 0.6 is 0 Å². The van der Waals surface area contributed by atoms with Gasteiger partial charge in [0.05, 0.1) is 6.04 Å².